The van der Waals surface area contributed by atoms with Crippen molar-refractivity contribution < 1.29 is 9.18 Å². The maximum atomic E-state index is 13.8. The van der Waals surface area contributed by atoms with E-state index in [1.165, 1.54) is 12.1 Å². The van der Waals surface area contributed by atoms with E-state index < -0.39 is 0 Å². The second-order valence-corrected chi connectivity index (χ2v) is 8.75. The fourth-order valence-electron chi connectivity index (χ4n) is 4.85. The van der Waals surface area contributed by atoms with Gasteiger partial charge in [0.15, 0.2) is 5.82 Å². The smallest absolute Gasteiger partial charge is 0.272 e. The van der Waals surface area contributed by atoms with Gasteiger partial charge in [-0.3, -0.25) is 4.79 Å². The molecule has 2 aliphatic rings. The predicted molar refractivity (Wildman–Crippen MR) is 127 cm³/mol. The van der Waals surface area contributed by atoms with Crippen LogP contribution in [-0.2, 0) is 19.5 Å². The zero-order chi connectivity index (χ0) is 22.5. The van der Waals surface area contributed by atoms with E-state index in [0.717, 1.165) is 64.4 Å². The number of aromatic nitrogens is 3. The molecule has 0 unspecified atom stereocenters. The number of carbonyl (C=O) groups is 1. The van der Waals surface area contributed by atoms with Crippen LogP contribution < -0.4 is 10.6 Å². The molecule has 4 heterocycles. The van der Waals surface area contributed by atoms with Gasteiger partial charge in [0.2, 0.25) is 0 Å². The quantitative estimate of drug-likeness (QED) is 0.491. The average molecular weight is 442 g/mol. The Morgan fingerprint density at radius 3 is 3.00 bits per heavy atom. The Balaban J connectivity index is 1.36. The molecule has 2 aliphatic heterocycles. The van der Waals surface area contributed by atoms with Crippen molar-refractivity contribution in [1.82, 2.24) is 19.4 Å². The Bertz CT molecular complexity index is 1440. The number of allylic oxidation sites excluding steroid dienone is 1. The highest BCUT2D eigenvalue weighted by Crippen LogP contribution is 2.30. The number of amides is 1. The number of aryl methyl sites for hydroxylation is 2. The topological polar surface area (TPSA) is 63.9 Å². The molecule has 1 amide bonds. The summed E-state index contributed by atoms with van der Waals surface area (Å²) in [5.41, 5.74) is 5.19. The molecule has 2 N–H and O–H groups in total. The number of hydrogen-bond donors (Lipinski definition) is 2. The van der Waals surface area contributed by atoms with Gasteiger partial charge in [-0.05, 0) is 61.7 Å². The molecule has 166 valence electrons. The monoisotopic (exact) mass is 441 g/mol. The van der Waals surface area contributed by atoms with E-state index in [9.17, 15) is 9.18 Å². The average Bonchev–Trinajstić information content (AvgIpc) is 3.46. The lowest BCUT2D eigenvalue weighted by atomic mass is 10.2. The van der Waals surface area contributed by atoms with Gasteiger partial charge >= 0.3 is 0 Å². The van der Waals surface area contributed by atoms with Crippen molar-refractivity contribution in [2.24, 2.45) is 0 Å². The number of benzene rings is 2. The van der Waals surface area contributed by atoms with Gasteiger partial charge in [-0.15, -0.1) is 0 Å². The van der Waals surface area contributed by atoms with Crippen LogP contribution in [0.15, 0.2) is 54.6 Å². The molecule has 0 saturated heterocycles. The molecular formula is C26H24FN5O. The third-order valence-electron chi connectivity index (χ3n) is 6.41. The van der Waals surface area contributed by atoms with Crippen molar-refractivity contribution in [3.05, 3.63) is 88.8 Å². The van der Waals surface area contributed by atoms with Crippen molar-refractivity contribution in [3.8, 4) is 0 Å². The van der Waals surface area contributed by atoms with E-state index >= 15 is 0 Å². The molecule has 4 aromatic rings. The second-order valence-electron chi connectivity index (χ2n) is 8.75. The number of halogens is 1. The number of hydrogen-bond acceptors (Lipinski definition) is 3. The van der Waals surface area contributed by atoms with Gasteiger partial charge in [0.25, 0.3) is 5.91 Å². The van der Waals surface area contributed by atoms with Crippen molar-refractivity contribution in [3.63, 3.8) is 0 Å². The molecule has 0 atom stereocenters. The Labute approximate surface area is 190 Å². The number of fused-ring (bicyclic) bond motifs is 4. The fraction of sp³-hybridized carbons (Fsp3) is 0.231. The van der Waals surface area contributed by atoms with Crippen LogP contribution in [0.4, 0.5) is 10.2 Å². The number of imidazole rings is 1. The molecule has 0 fully saturated rings. The minimum atomic E-state index is -0.286. The van der Waals surface area contributed by atoms with Gasteiger partial charge in [-0.1, -0.05) is 23.8 Å². The van der Waals surface area contributed by atoms with Crippen molar-refractivity contribution in [2.75, 3.05) is 11.9 Å². The molecular weight excluding hydrogens is 417 g/mol. The molecule has 2 aromatic carbocycles. The summed E-state index contributed by atoms with van der Waals surface area (Å²) in [6.07, 6.45) is 4.01. The van der Waals surface area contributed by atoms with E-state index in [1.54, 1.807) is 6.07 Å². The Hall–Kier alpha value is -3.87. The van der Waals surface area contributed by atoms with E-state index in [1.807, 2.05) is 41.8 Å². The lowest BCUT2D eigenvalue weighted by Gasteiger charge is -2.14. The van der Waals surface area contributed by atoms with Gasteiger partial charge in [0.1, 0.15) is 17.3 Å². The summed E-state index contributed by atoms with van der Waals surface area (Å²) in [6.45, 7) is 4.06. The molecule has 2 aromatic heterocycles. The van der Waals surface area contributed by atoms with Crippen molar-refractivity contribution in [1.29, 1.82) is 0 Å². The van der Waals surface area contributed by atoms with Crippen LogP contribution in [0.2, 0.25) is 0 Å². The maximum Gasteiger partial charge on any atom is 0.272 e. The summed E-state index contributed by atoms with van der Waals surface area (Å²) < 4.78 is 17.9. The van der Waals surface area contributed by atoms with E-state index in [2.05, 4.69) is 21.3 Å². The van der Waals surface area contributed by atoms with Crippen LogP contribution in [0.5, 0.6) is 0 Å². The number of nitrogens with zero attached hydrogens (tertiary/aromatic N) is 3. The summed E-state index contributed by atoms with van der Waals surface area (Å²) in [6, 6.07) is 14.5. The number of nitrogens with one attached hydrogen (secondary N) is 2. The summed E-state index contributed by atoms with van der Waals surface area (Å²) in [7, 11) is 0. The third-order valence-corrected chi connectivity index (χ3v) is 6.41. The maximum absolute atomic E-state index is 13.8. The normalized spacial score (nSPS) is 14.5. The van der Waals surface area contributed by atoms with Gasteiger partial charge in [0, 0.05) is 30.5 Å². The first-order chi connectivity index (χ1) is 16.1. The number of anilines is 1. The van der Waals surface area contributed by atoms with Crippen LogP contribution in [0, 0.1) is 12.7 Å². The van der Waals surface area contributed by atoms with E-state index in [0.29, 0.717) is 18.8 Å². The molecule has 0 aliphatic carbocycles. The first-order valence-corrected chi connectivity index (χ1v) is 11.3. The first kappa shape index (κ1) is 19.8. The van der Waals surface area contributed by atoms with Crippen molar-refractivity contribution in [2.45, 2.75) is 32.9 Å². The highest BCUT2D eigenvalue weighted by molar-refractivity contribution is 6.02. The lowest BCUT2D eigenvalue weighted by Crippen LogP contribution is -2.25. The van der Waals surface area contributed by atoms with Gasteiger partial charge < -0.3 is 19.8 Å². The Morgan fingerprint density at radius 2 is 2.12 bits per heavy atom. The molecule has 33 heavy (non-hydrogen) atoms. The van der Waals surface area contributed by atoms with Gasteiger partial charge in [-0.2, -0.15) is 0 Å². The highest BCUT2D eigenvalue weighted by atomic mass is 19.1. The van der Waals surface area contributed by atoms with E-state index in [4.69, 9.17) is 4.98 Å². The standard InChI is InChI=1S/C26H24FN5O/c1-16-7-8-22-18(12-16)14-23(32(22)15-17-4-2-5-19(27)13-17)26(33)30-21-9-11-31-24-20(29-25(21)31)6-3-10-28-24/h2,4-5,7-9,12-14,28H,3,6,10-11,15H2,1H3,(H,30,33). The largest absolute Gasteiger partial charge is 0.370 e. The molecule has 0 bridgehead atoms. The molecule has 6 nitrogen and oxygen atoms in total. The third kappa shape index (κ3) is 3.40. The molecule has 0 spiro atoms. The minimum absolute atomic E-state index is 0.200. The Kier molecular flexibility index (Phi) is 4.57. The van der Waals surface area contributed by atoms with Crippen LogP contribution in [-0.4, -0.2) is 26.6 Å². The Morgan fingerprint density at radius 1 is 1.21 bits per heavy atom. The molecule has 0 radical (unpaired) electrons. The van der Waals surface area contributed by atoms with Gasteiger partial charge in [0.05, 0.1) is 11.4 Å². The predicted octanol–water partition coefficient (Wildman–Crippen LogP) is 4.48. The summed E-state index contributed by atoms with van der Waals surface area (Å²) in [5, 5.41) is 7.51. The first-order valence-electron chi connectivity index (χ1n) is 11.3. The molecule has 6 rings (SSSR count). The summed E-state index contributed by atoms with van der Waals surface area (Å²) in [4.78, 5) is 18.3. The molecule has 0 saturated carbocycles. The fourth-order valence-corrected chi connectivity index (χ4v) is 4.85. The van der Waals surface area contributed by atoms with Crippen LogP contribution in [0.3, 0.4) is 0 Å². The van der Waals surface area contributed by atoms with Crippen LogP contribution in [0.1, 0.15) is 39.6 Å². The SMILES string of the molecule is Cc1ccc2c(c1)cc(C(=O)NC1=CCn3c1nc1c3NCCC1)n2Cc1cccc(F)c1. The zero-order valence-electron chi connectivity index (χ0n) is 18.4. The summed E-state index contributed by atoms with van der Waals surface area (Å²) >= 11 is 0. The van der Waals surface area contributed by atoms with Crippen LogP contribution in [0.25, 0.3) is 16.6 Å². The number of rotatable bonds is 4. The van der Waals surface area contributed by atoms with Crippen LogP contribution >= 0.6 is 0 Å². The zero-order valence-corrected chi connectivity index (χ0v) is 18.4. The number of carbonyl (C=O) groups excluding carboxylic acids is 1. The van der Waals surface area contributed by atoms with Crippen molar-refractivity contribution >= 4 is 28.3 Å². The van der Waals surface area contributed by atoms with E-state index in [-0.39, 0.29) is 11.7 Å². The highest BCUT2D eigenvalue weighted by Gasteiger charge is 2.27. The lowest BCUT2D eigenvalue weighted by molar-refractivity contribution is 0.0965. The molecule has 7 heteroatoms. The second kappa shape index (κ2) is 7.62. The summed E-state index contributed by atoms with van der Waals surface area (Å²) in [5.74, 6) is 1.37. The van der Waals surface area contributed by atoms with Gasteiger partial charge in [-0.25, -0.2) is 9.37 Å². The minimum Gasteiger partial charge on any atom is -0.370 e.